The van der Waals surface area contributed by atoms with Crippen LogP contribution in [0, 0.1) is 6.92 Å². The van der Waals surface area contributed by atoms with E-state index >= 15 is 0 Å². The lowest BCUT2D eigenvalue weighted by atomic mass is 10.1. The molecule has 0 aliphatic rings. The van der Waals surface area contributed by atoms with Crippen LogP contribution in [0.15, 0.2) is 29.1 Å². The molecule has 1 aromatic heterocycles. The smallest absolute Gasteiger partial charge is 0.248 e. The molecule has 0 saturated carbocycles. The lowest BCUT2D eigenvalue weighted by Crippen LogP contribution is -2.05. The highest BCUT2D eigenvalue weighted by Crippen LogP contribution is 2.15. The molecule has 0 atom stereocenters. The highest BCUT2D eigenvalue weighted by Gasteiger charge is 2.00. The van der Waals surface area contributed by atoms with Crippen LogP contribution in [0.4, 0.5) is 0 Å². The second-order valence-electron chi connectivity index (χ2n) is 3.35. The number of aryl methyl sites for hydroxylation is 1. The molecule has 1 aromatic carbocycles. The molecule has 3 heteroatoms. The van der Waals surface area contributed by atoms with E-state index in [1.807, 2.05) is 19.1 Å². The summed E-state index contributed by atoms with van der Waals surface area (Å²) in [7, 11) is 0. The van der Waals surface area contributed by atoms with E-state index in [0.29, 0.717) is 0 Å². The average Bonchev–Trinajstić information content (AvgIpc) is 2.16. The molecule has 2 rings (SSSR count). The lowest BCUT2D eigenvalue weighted by Gasteiger charge is -2.02. The molecular weight excluding hydrogens is 178 g/mol. The van der Waals surface area contributed by atoms with Crippen LogP contribution in [0.1, 0.15) is 11.1 Å². The summed E-state index contributed by atoms with van der Waals surface area (Å²) in [5, 5.41) is 9.96. The first-order valence-electron chi connectivity index (χ1n) is 4.44. The van der Waals surface area contributed by atoms with Gasteiger partial charge < -0.3 is 10.1 Å². The molecule has 2 aromatic rings. The van der Waals surface area contributed by atoms with E-state index in [0.717, 1.165) is 22.0 Å². The lowest BCUT2D eigenvalue weighted by molar-refractivity contribution is 0.282. The van der Waals surface area contributed by atoms with Gasteiger partial charge >= 0.3 is 0 Å². The number of benzene rings is 1. The summed E-state index contributed by atoms with van der Waals surface area (Å²) >= 11 is 0. The molecule has 0 aliphatic carbocycles. The van der Waals surface area contributed by atoms with Crippen LogP contribution in [-0.2, 0) is 6.61 Å². The van der Waals surface area contributed by atoms with Crippen molar-refractivity contribution in [2.45, 2.75) is 13.5 Å². The van der Waals surface area contributed by atoms with Gasteiger partial charge in [0.05, 0.1) is 6.61 Å². The maximum Gasteiger partial charge on any atom is 0.248 e. The molecule has 0 aliphatic heterocycles. The number of aliphatic hydroxyl groups excluding tert-OH is 1. The van der Waals surface area contributed by atoms with E-state index in [4.69, 9.17) is 5.11 Å². The van der Waals surface area contributed by atoms with Gasteiger partial charge in [-0.25, -0.2) is 0 Å². The van der Waals surface area contributed by atoms with Crippen LogP contribution in [0.2, 0.25) is 0 Å². The second kappa shape index (κ2) is 3.27. The third kappa shape index (κ3) is 1.42. The molecule has 3 nitrogen and oxygen atoms in total. The summed E-state index contributed by atoms with van der Waals surface area (Å²) in [4.78, 5) is 13.9. The van der Waals surface area contributed by atoms with E-state index in [1.165, 1.54) is 0 Å². The van der Waals surface area contributed by atoms with Crippen LogP contribution in [0.3, 0.4) is 0 Å². The third-order valence-corrected chi connectivity index (χ3v) is 2.30. The molecular formula is C11H11NO2. The van der Waals surface area contributed by atoms with Crippen LogP contribution in [0.25, 0.3) is 10.9 Å². The van der Waals surface area contributed by atoms with Crippen LogP contribution in [-0.4, -0.2) is 10.1 Å². The number of pyridine rings is 1. The van der Waals surface area contributed by atoms with E-state index in [-0.39, 0.29) is 12.2 Å². The number of aromatic amines is 1. The predicted molar refractivity (Wildman–Crippen MR) is 55.2 cm³/mol. The minimum absolute atomic E-state index is 0.00802. The Morgan fingerprint density at radius 1 is 1.36 bits per heavy atom. The molecule has 0 saturated heterocycles. The monoisotopic (exact) mass is 189 g/mol. The van der Waals surface area contributed by atoms with Gasteiger partial charge in [0.1, 0.15) is 0 Å². The van der Waals surface area contributed by atoms with E-state index in [1.54, 1.807) is 12.1 Å². The Morgan fingerprint density at radius 3 is 2.86 bits per heavy atom. The fourth-order valence-corrected chi connectivity index (χ4v) is 1.58. The highest BCUT2D eigenvalue weighted by molar-refractivity contribution is 5.82. The van der Waals surface area contributed by atoms with Gasteiger partial charge in [-0.3, -0.25) is 4.79 Å². The molecule has 0 radical (unpaired) electrons. The molecule has 0 spiro atoms. The first-order valence-corrected chi connectivity index (χ1v) is 4.44. The summed E-state index contributed by atoms with van der Waals surface area (Å²) in [6.07, 6.45) is 0. The summed E-state index contributed by atoms with van der Waals surface area (Å²) in [5.74, 6) is 0. The molecule has 2 N–H and O–H groups in total. The summed E-state index contributed by atoms with van der Waals surface area (Å²) in [5.41, 5.74) is 2.43. The van der Waals surface area contributed by atoms with Gasteiger partial charge in [0.15, 0.2) is 0 Å². The number of nitrogens with one attached hydrogen (secondary N) is 1. The number of fused-ring (bicyclic) bond motifs is 1. The van der Waals surface area contributed by atoms with Crippen molar-refractivity contribution in [3.63, 3.8) is 0 Å². The number of hydrogen-bond acceptors (Lipinski definition) is 2. The Kier molecular flexibility index (Phi) is 2.09. The van der Waals surface area contributed by atoms with Crippen molar-refractivity contribution < 1.29 is 5.11 Å². The molecule has 0 amide bonds. The summed E-state index contributed by atoms with van der Waals surface area (Å²) in [6, 6.07) is 7.13. The molecule has 0 bridgehead atoms. The molecule has 0 fully saturated rings. The Morgan fingerprint density at radius 2 is 2.14 bits per heavy atom. The number of aromatic nitrogens is 1. The van der Waals surface area contributed by atoms with Crippen molar-refractivity contribution in [1.29, 1.82) is 0 Å². The van der Waals surface area contributed by atoms with Gasteiger partial charge in [0.2, 0.25) is 5.56 Å². The van der Waals surface area contributed by atoms with Gasteiger partial charge in [0, 0.05) is 17.0 Å². The minimum Gasteiger partial charge on any atom is -0.392 e. The Bertz CT molecular complexity index is 528. The van der Waals surface area contributed by atoms with Crippen molar-refractivity contribution in [2.24, 2.45) is 0 Å². The average molecular weight is 189 g/mol. The topological polar surface area (TPSA) is 53.1 Å². The molecule has 14 heavy (non-hydrogen) atoms. The molecule has 1 heterocycles. The number of rotatable bonds is 1. The minimum atomic E-state index is -0.106. The Hall–Kier alpha value is -1.61. The zero-order chi connectivity index (χ0) is 10.1. The zero-order valence-electron chi connectivity index (χ0n) is 7.87. The van der Waals surface area contributed by atoms with Crippen molar-refractivity contribution in [3.05, 3.63) is 45.7 Å². The second-order valence-corrected chi connectivity index (χ2v) is 3.35. The van der Waals surface area contributed by atoms with Crippen molar-refractivity contribution >= 4 is 10.9 Å². The third-order valence-electron chi connectivity index (χ3n) is 2.30. The van der Waals surface area contributed by atoms with Crippen LogP contribution in [0.5, 0.6) is 0 Å². The first kappa shape index (κ1) is 8.97. The SMILES string of the molecule is Cc1cc(=O)[nH]c2cc(CO)ccc12. The van der Waals surface area contributed by atoms with Crippen molar-refractivity contribution in [2.75, 3.05) is 0 Å². The fraction of sp³-hybridized carbons (Fsp3) is 0.182. The van der Waals surface area contributed by atoms with Gasteiger partial charge in [-0.1, -0.05) is 12.1 Å². The number of aliphatic hydroxyl groups is 1. The summed E-state index contributed by atoms with van der Waals surface area (Å²) in [6.45, 7) is 1.89. The fourth-order valence-electron chi connectivity index (χ4n) is 1.58. The maximum atomic E-state index is 11.2. The predicted octanol–water partition coefficient (Wildman–Crippen LogP) is 1.33. The first-order chi connectivity index (χ1) is 6.70. The number of hydrogen-bond donors (Lipinski definition) is 2. The van der Waals surface area contributed by atoms with Crippen molar-refractivity contribution in [1.82, 2.24) is 4.98 Å². The standard InChI is InChI=1S/C11H11NO2/c1-7-4-11(14)12-10-5-8(6-13)2-3-9(7)10/h2-5,13H,6H2,1H3,(H,12,14). The van der Waals surface area contributed by atoms with Gasteiger partial charge in [-0.2, -0.15) is 0 Å². The normalized spacial score (nSPS) is 10.7. The van der Waals surface area contributed by atoms with Crippen LogP contribution < -0.4 is 5.56 Å². The van der Waals surface area contributed by atoms with Gasteiger partial charge in [-0.15, -0.1) is 0 Å². The summed E-state index contributed by atoms with van der Waals surface area (Å²) < 4.78 is 0. The Balaban J connectivity index is 2.82. The van der Waals surface area contributed by atoms with E-state index in [9.17, 15) is 4.79 Å². The zero-order valence-corrected chi connectivity index (χ0v) is 7.87. The van der Waals surface area contributed by atoms with E-state index in [2.05, 4.69) is 4.98 Å². The quantitative estimate of drug-likeness (QED) is 0.711. The molecule has 0 unspecified atom stereocenters. The number of H-pyrrole nitrogens is 1. The van der Waals surface area contributed by atoms with Gasteiger partial charge in [0.25, 0.3) is 0 Å². The Labute approximate surface area is 81.0 Å². The largest absolute Gasteiger partial charge is 0.392 e. The highest BCUT2D eigenvalue weighted by atomic mass is 16.3. The van der Waals surface area contributed by atoms with Gasteiger partial charge in [-0.05, 0) is 24.1 Å². The van der Waals surface area contributed by atoms with Crippen molar-refractivity contribution in [3.8, 4) is 0 Å². The van der Waals surface area contributed by atoms with E-state index < -0.39 is 0 Å². The molecule has 72 valence electrons. The maximum absolute atomic E-state index is 11.2. The van der Waals surface area contributed by atoms with Crippen LogP contribution >= 0.6 is 0 Å².